The smallest absolute Gasteiger partial charge is 0.310 e. The van der Waals surface area contributed by atoms with Gasteiger partial charge in [0.05, 0.1) is 17.6 Å². The maximum absolute atomic E-state index is 12.5. The van der Waals surface area contributed by atoms with E-state index in [1.165, 1.54) is 0 Å². The van der Waals surface area contributed by atoms with E-state index in [0.29, 0.717) is 12.8 Å². The lowest BCUT2D eigenvalue weighted by Gasteiger charge is -2.63. The van der Waals surface area contributed by atoms with Crippen LogP contribution in [0.25, 0.3) is 0 Å². The summed E-state index contributed by atoms with van der Waals surface area (Å²) in [6, 6.07) is 0. The zero-order valence-corrected chi connectivity index (χ0v) is 15.2. The summed E-state index contributed by atoms with van der Waals surface area (Å²) < 4.78 is 0. The van der Waals surface area contributed by atoms with E-state index in [9.17, 15) is 20.1 Å². The molecule has 0 aromatic rings. The molecule has 4 nitrogen and oxygen atoms in total. The second-order valence-electron chi connectivity index (χ2n) is 9.42. The molecule has 0 amide bonds. The van der Waals surface area contributed by atoms with Crippen LogP contribution < -0.4 is 0 Å². The Morgan fingerprint density at radius 1 is 1.17 bits per heavy atom. The third-order valence-corrected chi connectivity index (χ3v) is 7.92. The number of fused-ring (bicyclic) bond motifs is 3. The Morgan fingerprint density at radius 3 is 2.42 bits per heavy atom. The van der Waals surface area contributed by atoms with Gasteiger partial charge in [0, 0.05) is 11.3 Å². The lowest BCUT2D eigenvalue weighted by atomic mass is 9.41. The average molecular weight is 336 g/mol. The molecular weight excluding hydrogens is 304 g/mol. The Kier molecular flexibility index (Phi) is 4.16. The first kappa shape index (κ1) is 17.9. The van der Waals surface area contributed by atoms with Crippen molar-refractivity contribution in [3.05, 3.63) is 12.7 Å². The second-order valence-corrected chi connectivity index (χ2v) is 9.42. The number of aliphatic hydroxyl groups excluding tert-OH is 2. The lowest BCUT2D eigenvalue weighted by molar-refractivity contribution is -0.219. The van der Waals surface area contributed by atoms with Crippen molar-refractivity contribution in [1.29, 1.82) is 0 Å². The topological polar surface area (TPSA) is 77.8 Å². The zero-order chi connectivity index (χ0) is 17.9. The van der Waals surface area contributed by atoms with E-state index in [0.717, 1.165) is 25.7 Å². The molecule has 3 aliphatic rings. The van der Waals surface area contributed by atoms with E-state index in [1.807, 2.05) is 6.92 Å². The van der Waals surface area contributed by atoms with E-state index < -0.39 is 29.0 Å². The Labute approximate surface area is 145 Å². The molecule has 136 valence electrons. The maximum Gasteiger partial charge on any atom is 0.310 e. The minimum Gasteiger partial charge on any atom is -0.481 e. The average Bonchev–Trinajstić information content (AvgIpc) is 2.51. The SMILES string of the molecule is C=C[C@@]1(C)CC[C@H]2[C@H]([C@H]1O)[C@@H](O)C[C@H]1C(C)(C)CCC[C@]21C(=O)O. The predicted molar refractivity (Wildman–Crippen MR) is 92.3 cm³/mol. The summed E-state index contributed by atoms with van der Waals surface area (Å²) in [5.74, 6) is -1.29. The van der Waals surface area contributed by atoms with Crippen LogP contribution in [0.3, 0.4) is 0 Å². The van der Waals surface area contributed by atoms with Crippen LogP contribution in [-0.4, -0.2) is 33.5 Å². The van der Waals surface area contributed by atoms with Gasteiger partial charge in [-0.25, -0.2) is 0 Å². The molecule has 3 fully saturated rings. The quantitative estimate of drug-likeness (QED) is 0.677. The molecule has 3 rings (SSSR count). The molecule has 4 heteroatoms. The standard InChI is InChI=1S/C20H32O4/c1-5-19(4)10-7-12-15(16(19)22)13(21)11-14-18(2,3)8-6-9-20(12,14)17(23)24/h5,12-16,21-22H,1,6-11H2,2-4H3,(H,23,24)/t12-,13-,14-,15-,16+,19-,20-/m0/s1. The van der Waals surface area contributed by atoms with Crippen molar-refractivity contribution >= 4 is 5.97 Å². The number of aliphatic carboxylic acids is 1. The fraction of sp³-hybridized carbons (Fsp3) is 0.850. The first-order valence-electron chi connectivity index (χ1n) is 9.33. The van der Waals surface area contributed by atoms with E-state index in [1.54, 1.807) is 6.08 Å². The van der Waals surface area contributed by atoms with Gasteiger partial charge in [-0.1, -0.05) is 33.3 Å². The summed E-state index contributed by atoms with van der Waals surface area (Å²) >= 11 is 0. The van der Waals surface area contributed by atoms with Crippen molar-refractivity contribution in [3.8, 4) is 0 Å². The molecule has 3 aliphatic carbocycles. The lowest BCUT2D eigenvalue weighted by Crippen LogP contribution is -2.65. The first-order chi connectivity index (χ1) is 11.1. The number of carbonyl (C=O) groups is 1. The van der Waals surface area contributed by atoms with Crippen molar-refractivity contribution in [2.75, 3.05) is 0 Å². The third kappa shape index (κ3) is 2.22. The van der Waals surface area contributed by atoms with Crippen molar-refractivity contribution in [3.63, 3.8) is 0 Å². The number of aliphatic hydroxyl groups is 2. The Bertz CT molecular complexity index is 542. The van der Waals surface area contributed by atoms with Gasteiger partial charge in [0.2, 0.25) is 0 Å². The van der Waals surface area contributed by atoms with Crippen LogP contribution in [0.4, 0.5) is 0 Å². The number of hydrogen-bond acceptors (Lipinski definition) is 3. The molecule has 0 saturated heterocycles. The molecular formula is C20H32O4. The second kappa shape index (κ2) is 5.57. The molecule has 0 aliphatic heterocycles. The van der Waals surface area contributed by atoms with Gasteiger partial charge in [0.1, 0.15) is 0 Å². The summed E-state index contributed by atoms with van der Waals surface area (Å²) in [5, 5.41) is 32.1. The highest BCUT2D eigenvalue weighted by Crippen LogP contribution is 2.65. The van der Waals surface area contributed by atoms with Crippen molar-refractivity contribution < 1.29 is 20.1 Å². The van der Waals surface area contributed by atoms with E-state index in [2.05, 4.69) is 20.4 Å². The molecule has 3 saturated carbocycles. The molecule has 0 radical (unpaired) electrons. The first-order valence-corrected chi connectivity index (χ1v) is 9.33. The molecule has 0 spiro atoms. The molecule has 3 N–H and O–H groups in total. The highest BCUT2D eigenvalue weighted by atomic mass is 16.4. The van der Waals surface area contributed by atoms with Gasteiger partial charge >= 0.3 is 5.97 Å². The summed E-state index contributed by atoms with van der Waals surface area (Å²) in [7, 11) is 0. The Morgan fingerprint density at radius 2 is 1.83 bits per heavy atom. The summed E-state index contributed by atoms with van der Waals surface area (Å²) in [6.45, 7) is 10.1. The highest BCUT2D eigenvalue weighted by Gasteiger charge is 2.66. The van der Waals surface area contributed by atoms with Crippen LogP contribution in [0.5, 0.6) is 0 Å². The monoisotopic (exact) mass is 336 g/mol. The van der Waals surface area contributed by atoms with Gasteiger partial charge in [-0.05, 0) is 49.4 Å². The van der Waals surface area contributed by atoms with Crippen LogP contribution in [0.15, 0.2) is 12.7 Å². The molecule has 24 heavy (non-hydrogen) atoms. The summed E-state index contributed by atoms with van der Waals surface area (Å²) in [6.07, 6.45) is 4.93. The molecule has 0 bridgehead atoms. The molecule has 0 unspecified atom stereocenters. The van der Waals surface area contributed by atoms with Gasteiger partial charge in [-0.2, -0.15) is 0 Å². The molecule has 0 heterocycles. The van der Waals surface area contributed by atoms with Gasteiger partial charge in [-0.3, -0.25) is 4.79 Å². The zero-order valence-electron chi connectivity index (χ0n) is 15.2. The van der Waals surface area contributed by atoms with E-state index in [4.69, 9.17) is 0 Å². The highest BCUT2D eigenvalue weighted by molar-refractivity contribution is 5.76. The van der Waals surface area contributed by atoms with Crippen LogP contribution in [0.1, 0.15) is 59.3 Å². The minimum absolute atomic E-state index is 0.0345. The number of carboxylic acids is 1. The number of hydrogen-bond donors (Lipinski definition) is 3. The van der Waals surface area contributed by atoms with Gasteiger partial charge in [0.25, 0.3) is 0 Å². The van der Waals surface area contributed by atoms with Crippen molar-refractivity contribution in [2.45, 2.75) is 71.5 Å². The normalized spacial score (nSPS) is 50.5. The van der Waals surface area contributed by atoms with Crippen LogP contribution >= 0.6 is 0 Å². The largest absolute Gasteiger partial charge is 0.481 e. The fourth-order valence-electron chi connectivity index (χ4n) is 6.44. The van der Waals surface area contributed by atoms with Crippen LogP contribution in [-0.2, 0) is 4.79 Å². The van der Waals surface area contributed by atoms with E-state index >= 15 is 0 Å². The predicted octanol–water partition coefficient (Wildman–Crippen LogP) is 3.23. The maximum atomic E-state index is 12.5. The van der Waals surface area contributed by atoms with Crippen LogP contribution in [0, 0.1) is 34.0 Å². The molecule has 7 atom stereocenters. The summed E-state index contributed by atoms with van der Waals surface area (Å²) in [5.41, 5.74) is -1.35. The van der Waals surface area contributed by atoms with Gasteiger partial charge in [-0.15, -0.1) is 6.58 Å². The van der Waals surface area contributed by atoms with E-state index in [-0.39, 0.29) is 23.2 Å². The summed E-state index contributed by atoms with van der Waals surface area (Å²) in [4.78, 5) is 12.5. The molecule has 0 aromatic heterocycles. The van der Waals surface area contributed by atoms with Gasteiger partial charge in [0.15, 0.2) is 0 Å². The van der Waals surface area contributed by atoms with Crippen molar-refractivity contribution in [2.24, 2.45) is 34.0 Å². The Hall–Kier alpha value is -0.870. The van der Waals surface area contributed by atoms with Crippen molar-refractivity contribution in [1.82, 2.24) is 0 Å². The fourth-order valence-corrected chi connectivity index (χ4v) is 6.44. The number of rotatable bonds is 2. The third-order valence-electron chi connectivity index (χ3n) is 7.92. The molecule has 0 aromatic carbocycles. The van der Waals surface area contributed by atoms with Gasteiger partial charge < -0.3 is 15.3 Å². The van der Waals surface area contributed by atoms with Crippen LogP contribution in [0.2, 0.25) is 0 Å². The Balaban J connectivity index is 2.08. The number of carboxylic acid groups (broad SMARTS) is 1. The minimum atomic E-state index is -0.810.